The third-order valence-corrected chi connectivity index (χ3v) is 3.51. The van der Waals surface area contributed by atoms with Crippen LogP contribution in [0.5, 0.6) is 0 Å². The fraction of sp³-hybridized carbons (Fsp3) is 0.571. The van der Waals surface area contributed by atoms with Gasteiger partial charge >= 0.3 is 0 Å². The molecular weight excluding hydrogens is 244 g/mol. The Bertz CT molecular complexity index is 431. The van der Waals surface area contributed by atoms with Crippen LogP contribution in [0.15, 0.2) is 18.2 Å². The molecule has 5 nitrogen and oxygen atoms in total. The summed E-state index contributed by atoms with van der Waals surface area (Å²) in [6.45, 7) is 6.22. The van der Waals surface area contributed by atoms with Gasteiger partial charge in [0.1, 0.15) is 0 Å². The number of hydrogen-bond donors (Lipinski definition) is 2. The van der Waals surface area contributed by atoms with Crippen molar-refractivity contribution >= 4 is 11.4 Å². The molecule has 0 spiro atoms. The zero-order valence-corrected chi connectivity index (χ0v) is 11.7. The summed E-state index contributed by atoms with van der Waals surface area (Å²) in [6.07, 6.45) is 1.41. The van der Waals surface area contributed by atoms with Crippen molar-refractivity contribution in [2.24, 2.45) is 5.92 Å². The summed E-state index contributed by atoms with van der Waals surface area (Å²) >= 11 is 0. The molecule has 0 amide bonds. The van der Waals surface area contributed by atoms with E-state index >= 15 is 0 Å². The fourth-order valence-corrected chi connectivity index (χ4v) is 2.14. The third kappa shape index (κ3) is 4.21. The van der Waals surface area contributed by atoms with Crippen LogP contribution in [0.4, 0.5) is 11.4 Å². The molecule has 0 saturated heterocycles. The minimum Gasteiger partial charge on any atom is -0.391 e. The average Bonchev–Trinajstić information content (AvgIpc) is 2.38. The van der Waals surface area contributed by atoms with Gasteiger partial charge in [-0.05, 0) is 18.9 Å². The predicted molar refractivity (Wildman–Crippen MR) is 76.4 cm³/mol. The van der Waals surface area contributed by atoms with Crippen molar-refractivity contribution in [1.82, 2.24) is 0 Å². The SMILES string of the molecule is CCC(CC)C(O)CNc1ccc(C)c([N+](=O)[O-])c1. The normalized spacial score (nSPS) is 12.5. The molecule has 0 bridgehead atoms. The van der Waals surface area contributed by atoms with Crippen LogP contribution in [-0.2, 0) is 0 Å². The molecular formula is C14H22N2O3. The van der Waals surface area contributed by atoms with E-state index in [-0.39, 0.29) is 11.6 Å². The second kappa shape index (κ2) is 7.09. The lowest BCUT2D eigenvalue weighted by Gasteiger charge is -2.20. The summed E-state index contributed by atoms with van der Waals surface area (Å²) in [5, 5.41) is 23.9. The molecule has 1 rings (SSSR count). The summed E-state index contributed by atoms with van der Waals surface area (Å²) in [5.74, 6) is 0.257. The van der Waals surface area contributed by atoms with Gasteiger partial charge in [-0.3, -0.25) is 10.1 Å². The van der Waals surface area contributed by atoms with Crippen LogP contribution in [0, 0.1) is 23.0 Å². The molecule has 106 valence electrons. The number of anilines is 1. The highest BCUT2D eigenvalue weighted by Gasteiger charge is 2.16. The van der Waals surface area contributed by atoms with E-state index in [2.05, 4.69) is 5.32 Å². The molecule has 0 heterocycles. The quantitative estimate of drug-likeness (QED) is 0.587. The minimum atomic E-state index is -0.435. The van der Waals surface area contributed by atoms with Crippen molar-refractivity contribution in [2.45, 2.75) is 39.7 Å². The minimum absolute atomic E-state index is 0.0991. The molecule has 0 radical (unpaired) electrons. The van der Waals surface area contributed by atoms with E-state index in [1.165, 1.54) is 6.07 Å². The van der Waals surface area contributed by atoms with Crippen LogP contribution in [0.1, 0.15) is 32.3 Å². The monoisotopic (exact) mass is 266 g/mol. The predicted octanol–water partition coefficient (Wildman–Crippen LogP) is 3.11. The van der Waals surface area contributed by atoms with Crippen molar-refractivity contribution in [3.63, 3.8) is 0 Å². The van der Waals surface area contributed by atoms with Crippen LogP contribution < -0.4 is 5.32 Å². The molecule has 1 atom stereocenters. The van der Waals surface area contributed by atoms with Crippen molar-refractivity contribution < 1.29 is 10.0 Å². The zero-order valence-electron chi connectivity index (χ0n) is 11.7. The first-order chi connectivity index (χ1) is 8.99. The molecule has 5 heteroatoms. The number of aliphatic hydroxyl groups excluding tert-OH is 1. The number of nitrogens with zero attached hydrogens (tertiary/aromatic N) is 1. The van der Waals surface area contributed by atoms with Gasteiger partial charge in [-0.25, -0.2) is 0 Å². The summed E-state index contributed by atoms with van der Waals surface area (Å²) < 4.78 is 0. The molecule has 0 aliphatic carbocycles. The molecule has 0 aliphatic rings. The van der Waals surface area contributed by atoms with Gasteiger partial charge in [-0.2, -0.15) is 0 Å². The van der Waals surface area contributed by atoms with Crippen LogP contribution in [0.25, 0.3) is 0 Å². The number of hydrogen-bond acceptors (Lipinski definition) is 4. The van der Waals surface area contributed by atoms with E-state index in [0.29, 0.717) is 17.8 Å². The van der Waals surface area contributed by atoms with Gasteiger partial charge < -0.3 is 10.4 Å². The molecule has 1 aromatic rings. The van der Waals surface area contributed by atoms with E-state index in [1.54, 1.807) is 19.1 Å². The van der Waals surface area contributed by atoms with E-state index in [0.717, 1.165) is 12.8 Å². The third-order valence-electron chi connectivity index (χ3n) is 3.51. The van der Waals surface area contributed by atoms with Crippen LogP contribution >= 0.6 is 0 Å². The maximum atomic E-state index is 10.8. The van der Waals surface area contributed by atoms with Crippen LogP contribution in [-0.4, -0.2) is 22.7 Å². The lowest BCUT2D eigenvalue weighted by molar-refractivity contribution is -0.385. The highest BCUT2D eigenvalue weighted by molar-refractivity contribution is 5.54. The van der Waals surface area contributed by atoms with E-state index < -0.39 is 11.0 Å². The molecule has 0 aliphatic heterocycles. The van der Waals surface area contributed by atoms with Gasteiger partial charge in [-0.15, -0.1) is 0 Å². The van der Waals surface area contributed by atoms with Gasteiger partial charge in [0.15, 0.2) is 0 Å². The molecule has 0 aromatic heterocycles. The van der Waals surface area contributed by atoms with Crippen molar-refractivity contribution in [3.05, 3.63) is 33.9 Å². The number of aliphatic hydroxyl groups is 1. The van der Waals surface area contributed by atoms with Gasteiger partial charge in [0, 0.05) is 23.9 Å². The second-order valence-corrected chi connectivity index (χ2v) is 4.78. The zero-order chi connectivity index (χ0) is 14.4. The second-order valence-electron chi connectivity index (χ2n) is 4.78. The average molecular weight is 266 g/mol. The molecule has 1 aromatic carbocycles. The Morgan fingerprint density at radius 1 is 1.37 bits per heavy atom. The standard InChI is InChI=1S/C14H22N2O3/c1-4-11(5-2)14(17)9-15-12-7-6-10(3)13(8-12)16(18)19/h6-8,11,14-15,17H,4-5,9H2,1-3H3. The van der Waals surface area contributed by atoms with Crippen LogP contribution in [0.2, 0.25) is 0 Å². The summed E-state index contributed by atoms with van der Waals surface area (Å²) in [5.41, 5.74) is 1.40. The van der Waals surface area contributed by atoms with E-state index in [4.69, 9.17) is 0 Å². The first-order valence-electron chi connectivity index (χ1n) is 6.66. The number of rotatable bonds is 7. The number of nitro groups is 1. The Kier molecular flexibility index (Phi) is 5.76. The molecule has 19 heavy (non-hydrogen) atoms. The largest absolute Gasteiger partial charge is 0.391 e. The molecule has 1 unspecified atom stereocenters. The smallest absolute Gasteiger partial charge is 0.274 e. The van der Waals surface area contributed by atoms with Crippen LogP contribution in [0.3, 0.4) is 0 Å². The van der Waals surface area contributed by atoms with Gasteiger partial charge in [-0.1, -0.05) is 32.8 Å². The number of nitro benzene ring substituents is 1. The maximum absolute atomic E-state index is 10.8. The van der Waals surface area contributed by atoms with Crippen molar-refractivity contribution in [2.75, 3.05) is 11.9 Å². The number of nitrogens with one attached hydrogen (secondary N) is 1. The fourth-order valence-electron chi connectivity index (χ4n) is 2.14. The first kappa shape index (κ1) is 15.4. The first-order valence-corrected chi connectivity index (χ1v) is 6.66. The summed E-state index contributed by atoms with van der Waals surface area (Å²) in [7, 11) is 0. The highest BCUT2D eigenvalue weighted by Crippen LogP contribution is 2.22. The topological polar surface area (TPSA) is 75.4 Å². The highest BCUT2D eigenvalue weighted by atomic mass is 16.6. The van der Waals surface area contributed by atoms with Gasteiger partial charge in [0.05, 0.1) is 11.0 Å². The summed E-state index contributed by atoms with van der Waals surface area (Å²) in [4.78, 5) is 10.5. The van der Waals surface area contributed by atoms with Crippen molar-refractivity contribution in [1.29, 1.82) is 0 Å². The molecule has 0 saturated carbocycles. The lowest BCUT2D eigenvalue weighted by atomic mass is 9.96. The van der Waals surface area contributed by atoms with Gasteiger partial charge in [0.25, 0.3) is 5.69 Å². The van der Waals surface area contributed by atoms with E-state index in [1.807, 2.05) is 13.8 Å². The van der Waals surface area contributed by atoms with Gasteiger partial charge in [0.2, 0.25) is 0 Å². The number of aryl methyl sites for hydroxylation is 1. The maximum Gasteiger partial charge on any atom is 0.274 e. The Morgan fingerprint density at radius 2 is 2.00 bits per heavy atom. The Morgan fingerprint density at radius 3 is 2.53 bits per heavy atom. The van der Waals surface area contributed by atoms with E-state index in [9.17, 15) is 15.2 Å². The number of benzene rings is 1. The van der Waals surface area contributed by atoms with Crippen molar-refractivity contribution in [3.8, 4) is 0 Å². The summed E-state index contributed by atoms with van der Waals surface area (Å²) in [6, 6.07) is 5.01. The molecule has 0 fully saturated rings. The Labute approximate surface area is 113 Å². The molecule has 2 N–H and O–H groups in total. The Hall–Kier alpha value is -1.62. The Balaban J connectivity index is 2.68. The lowest BCUT2D eigenvalue weighted by Crippen LogP contribution is -2.27.